The highest BCUT2D eigenvalue weighted by atomic mass is 35.5. The summed E-state index contributed by atoms with van der Waals surface area (Å²) in [6.07, 6.45) is 1.61. The molecule has 1 aliphatic rings. The molecule has 0 spiro atoms. The molecular weight excluding hydrogens is 309 g/mol. The number of nitrogens with zero attached hydrogens (tertiary/aromatic N) is 3. The van der Waals surface area contributed by atoms with Crippen molar-refractivity contribution in [3.63, 3.8) is 0 Å². The van der Waals surface area contributed by atoms with Crippen LogP contribution in [0.25, 0.3) is 0 Å². The van der Waals surface area contributed by atoms with E-state index in [1.54, 1.807) is 29.1 Å². The molecule has 0 radical (unpaired) electrons. The molecular formula is C15H13Cl2N3O. The fraction of sp³-hybridized carbons (Fsp3) is 0.200. The molecule has 0 aliphatic carbocycles. The first-order valence-corrected chi connectivity index (χ1v) is 7.22. The van der Waals surface area contributed by atoms with Gasteiger partial charge in [-0.15, -0.1) is 0 Å². The molecule has 21 heavy (non-hydrogen) atoms. The average Bonchev–Trinajstić information content (AvgIpc) is 2.46. The molecule has 108 valence electrons. The Hall–Kier alpha value is -1.78. The molecule has 0 atom stereocenters. The van der Waals surface area contributed by atoms with Crippen LogP contribution in [0.3, 0.4) is 0 Å². The second-order valence-corrected chi connectivity index (χ2v) is 5.75. The molecule has 2 heterocycles. The van der Waals surface area contributed by atoms with E-state index < -0.39 is 0 Å². The van der Waals surface area contributed by atoms with Crippen molar-refractivity contribution in [2.45, 2.75) is 13.1 Å². The van der Waals surface area contributed by atoms with Gasteiger partial charge >= 0.3 is 6.03 Å². The number of hydrogen-bond acceptors (Lipinski definition) is 2. The largest absolute Gasteiger partial charge is 0.324 e. The number of halogens is 2. The van der Waals surface area contributed by atoms with Crippen molar-refractivity contribution in [2.75, 3.05) is 11.9 Å². The van der Waals surface area contributed by atoms with E-state index in [-0.39, 0.29) is 6.03 Å². The Balaban J connectivity index is 1.99. The summed E-state index contributed by atoms with van der Waals surface area (Å²) in [5.41, 5.74) is 2.78. The van der Waals surface area contributed by atoms with Gasteiger partial charge in [-0.05, 0) is 17.7 Å². The quantitative estimate of drug-likeness (QED) is 0.785. The Bertz CT molecular complexity index is 705. The van der Waals surface area contributed by atoms with Crippen LogP contribution in [-0.4, -0.2) is 23.0 Å². The maximum Gasteiger partial charge on any atom is 0.324 e. The molecule has 0 fully saturated rings. The maximum absolute atomic E-state index is 12.4. The summed E-state index contributed by atoms with van der Waals surface area (Å²) in [6, 6.07) is 9.39. The van der Waals surface area contributed by atoms with Gasteiger partial charge in [-0.1, -0.05) is 41.4 Å². The lowest BCUT2D eigenvalue weighted by molar-refractivity contribution is 0.210. The summed E-state index contributed by atoms with van der Waals surface area (Å²) in [7, 11) is 1.78. The van der Waals surface area contributed by atoms with Gasteiger partial charge in [0.05, 0.1) is 17.3 Å². The minimum atomic E-state index is -0.0558. The molecule has 1 aromatic heterocycles. The number of urea groups is 1. The van der Waals surface area contributed by atoms with Gasteiger partial charge in [0.1, 0.15) is 5.15 Å². The van der Waals surface area contributed by atoms with Crippen LogP contribution < -0.4 is 4.90 Å². The normalized spacial score (nSPS) is 14.3. The van der Waals surface area contributed by atoms with E-state index in [1.165, 1.54) is 0 Å². The molecule has 1 aliphatic heterocycles. The third-order valence-corrected chi connectivity index (χ3v) is 4.03. The van der Waals surface area contributed by atoms with Crippen molar-refractivity contribution in [1.82, 2.24) is 9.88 Å². The fourth-order valence-electron chi connectivity index (χ4n) is 2.42. The molecule has 2 amide bonds. The Morgan fingerprint density at radius 1 is 1.29 bits per heavy atom. The number of amides is 2. The number of hydrogen-bond donors (Lipinski definition) is 0. The van der Waals surface area contributed by atoms with Crippen molar-refractivity contribution in [2.24, 2.45) is 0 Å². The smallest absolute Gasteiger partial charge is 0.323 e. The fourth-order valence-corrected chi connectivity index (χ4v) is 2.84. The van der Waals surface area contributed by atoms with E-state index in [1.807, 2.05) is 24.3 Å². The third kappa shape index (κ3) is 2.69. The van der Waals surface area contributed by atoms with Gasteiger partial charge in [0.15, 0.2) is 0 Å². The number of aromatic nitrogens is 1. The predicted octanol–water partition coefficient (Wildman–Crippen LogP) is 3.96. The molecule has 2 aromatic rings. The molecule has 3 rings (SSSR count). The molecule has 4 nitrogen and oxygen atoms in total. The molecule has 1 aromatic carbocycles. The number of benzene rings is 1. The Morgan fingerprint density at radius 3 is 2.81 bits per heavy atom. The predicted molar refractivity (Wildman–Crippen MR) is 83.7 cm³/mol. The van der Waals surface area contributed by atoms with E-state index in [0.717, 1.165) is 16.8 Å². The van der Waals surface area contributed by atoms with E-state index in [9.17, 15) is 4.79 Å². The van der Waals surface area contributed by atoms with Crippen LogP contribution >= 0.6 is 23.2 Å². The Kier molecular flexibility index (Phi) is 3.74. The van der Waals surface area contributed by atoms with Crippen molar-refractivity contribution in [3.8, 4) is 0 Å². The summed E-state index contributed by atoms with van der Waals surface area (Å²) in [5, 5.41) is 0.847. The van der Waals surface area contributed by atoms with Gasteiger partial charge in [0.25, 0.3) is 0 Å². The lowest BCUT2D eigenvalue weighted by Gasteiger charge is -2.35. The minimum absolute atomic E-state index is 0.0558. The van der Waals surface area contributed by atoms with Gasteiger partial charge in [-0.25, -0.2) is 9.78 Å². The summed E-state index contributed by atoms with van der Waals surface area (Å²) in [6.45, 7) is 0.974. The van der Waals surface area contributed by atoms with Gasteiger partial charge in [-0.2, -0.15) is 0 Å². The highest BCUT2D eigenvalue weighted by Crippen LogP contribution is 2.30. The third-order valence-electron chi connectivity index (χ3n) is 3.47. The summed E-state index contributed by atoms with van der Waals surface area (Å²) in [5.74, 6) is 0. The van der Waals surface area contributed by atoms with Crippen molar-refractivity contribution in [1.29, 1.82) is 0 Å². The SMILES string of the molecule is CN1Cc2ccccc2N(Cc2cnc(Cl)cc2Cl)C1=O. The standard InChI is InChI=1S/C15H13Cl2N3O/c1-19-8-10-4-2-3-5-13(10)20(15(19)21)9-11-7-18-14(17)6-12(11)16/h2-7H,8-9H2,1H3. The number of carbonyl (C=O) groups excluding carboxylic acids is 1. The number of pyridine rings is 1. The van der Waals surface area contributed by atoms with E-state index >= 15 is 0 Å². The molecule has 0 unspecified atom stereocenters. The van der Waals surface area contributed by atoms with Crippen molar-refractivity contribution >= 4 is 34.9 Å². The van der Waals surface area contributed by atoms with Crippen LogP contribution in [0.4, 0.5) is 10.5 Å². The van der Waals surface area contributed by atoms with Gasteiger partial charge < -0.3 is 4.90 Å². The molecule has 0 bridgehead atoms. The Morgan fingerprint density at radius 2 is 2.05 bits per heavy atom. The molecule has 6 heteroatoms. The van der Waals surface area contributed by atoms with Crippen LogP contribution in [0.2, 0.25) is 10.2 Å². The van der Waals surface area contributed by atoms with Gasteiger partial charge in [0.2, 0.25) is 0 Å². The second kappa shape index (κ2) is 5.54. The zero-order valence-electron chi connectivity index (χ0n) is 11.4. The highest BCUT2D eigenvalue weighted by Gasteiger charge is 2.28. The van der Waals surface area contributed by atoms with E-state index in [4.69, 9.17) is 23.2 Å². The lowest BCUT2D eigenvalue weighted by Crippen LogP contribution is -2.44. The monoisotopic (exact) mass is 321 g/mol. The first-order chi connectivity index (χ1) is 10.1. The number of carbonyl (C=O) groups is 1. The zero-order valence-corrected chi connectivity index (χ0v) is 12.9. The summed E-state index contributed by atoms with van der Waals surface area (Å²) in [4.78, 5) is 19.9. The molecule has 0 N–H and O–H groups in total. The number of rotatable bonds is 2. The van der Waals surface area contributed by atoms with Crippen molar-refractivity contribution < 1.29 is 4.79 Å². The number of fused-ring (bicyclic) bond motifs is 1. The van der Waals surface area contributed by atoms with E-state index in [2.05, 4.69) is 4.98 Å². The zero-order chi connectivity index (χ0) is 15.0. The lowest BCUT2D eigenvalue weighted by atomic mass is 10.1. The van der Waals surface area contributed by atoms with Crippen LogP contribution in [0.15, 0.2) is 36.5 Å². The van der Waals surface area contributed by atoms with Crippen LogP contribution in [0.1, 0.15) is 11.1 Å². The highest BCUT2D eigenvalue weighted by molar-refractivity contribution is 6.34. The molecule has 0 saturated carbocycles. The average molecular weight is 322 g/mol. The molecule has 0 saturated heterocycles. The van der Waals surface area contributed by atoms with Crippen molar-refractivity contribution in [3.05, 3.63) is 57.8 Å². The summed E-state index contributed by atoms with van der Waals surface area (Å²) >= 11 is 12.0. The topological polar surface area (TPSA) is 36.4 Å². The summed E-state index contributed by atoms with van der Waals surface area (Å²) < 4.78 is 0. The number of anilines is 1. The van der Waals surface area contributed by atoms with Gasteiger partial charge in [0, 0.05) is 25.4 Å². The van der Waals surface area contributed by atoms with Crippen LogP contribution in [0.5, 0.6) is 0 Å². The second-order valence-electron chi connectivity index (χ2n) is 4.95. The minimum Gasteiger partial charge on any atom is -0.323 e. The number of para-hydroxylation sites is 1. The Labute approximate surface area is 132 Å². The first-order valence-electron chi connectivity index (χ1n) is 6.46. The first kappa shape index (κ1) is 14.2. The van der Waals surface area contributed by atoms with Crippen LogP contribution in [0, 0.1) is 0 Å². The van der Waals surface area contributed by atoms with Crippen LogP contribution in [-0.2, 0) is 13.1 Å². The van der Waals surface area contributed by atoms with E-state index in [0.29, 0.717) is 23.3 Å². The maximum atomic E-state index is 12.4. The van der Waals surface area contributed by atoms with Gasteiger partial charge in [-0.3, -0.25) is 4.90 Å².